The molecule has 3 unspecified atom stereocenters. The highest BCUT2D eigenvalue weighted by Gasteiger charge is 2.25. The maximum absolute atomic E-state index is 3.75. The largest absolute Gasteiger partial charge is 0.313 e. The molecule has 0 saturated carbocycles. The normalized spacial score (nSPS) is 37.6. The average Bonchev–Trinajstić information content (AvgIpc) is 2.83. The smallest absolute Gasteiger partial charge is 0.0168 e. The topological polar surface area (TPSA) is 15.3 Å². The van der Waals surface area contributed by atoms with Crippen molar-refractivity contribution in [3.05, 3.63) is 0 Å². The predicted octanol–water partition coefficient (Wildman–Crippen LogP) is 1.81. The molecule has 2 aliphatic rings. The summed E-state index contributed by atoms with van der Waals surface area (Å²) < 4.78 is 0. The molecule has 0 amide bonds. The van der Waals surface area contributed by atoms with E-state index in [9.17, 15) is 0 Å². The summed E-state index contributed by atoms with van der Waals surface area (Å²) in [6.45, 7) is 9.73. The van der Waals surface area contributed by atoms with Crippen molar-refractivity contribution in [2.45, 2.75) is 38.0 Å². The Hall–Kier alpha value is 0.270. The Morgan fingerprint density at radius 3 is 2.93 bits per heavy atom. The summed E-state index contributed by atoms with van der Waals surface area (Å²) in [7, 11) is 0. The van der Waals surface area contributed by atoms with Crippen molar-refractivity contribution in [1.29, 1.82) is 0 Å². The van der Waals surface area contributed by atoms with Crippen molar-refractivity contribution >= 4 is 11.8 Å². The number of hydrogen-bond donors (Lipinski definition) is 1. The van der Waals surface area contributed by atoms with E-state index in [-0.39, 0.29) is 0 Å². The summed E-state index contributed by atoms with van der Waals surface area (Å²) in [6.07, 6.45) is 2.77. The molecule has 3 heteroatoms. The molecule has 0 aromatic rings. The van der Waals surface area contributed by atoms with Crippen molar-refractivity contribution in [2.24, 2.45) is 5.92 Å². The van der Waals surface area contributed by atoms with Crippen molar-refractivity contribution in [3.8, 4) is 0 Å². The van der Waals surface area contributed by atoms with Gasteiger partial charge in [0.2, 0.25) is 0 Å². The van der Waals surface area contributed by atoms with Gasteiger partial charge in [-0.05, 0) is 38.4 Å². The summed E-state index contributed by atoms with van der Waals surface area (Å²) >= 11 is 2.12. The zero-order chi connectivity index (χ0) is 10.7. The maximum atomic E-state index is 3.75. The standard InChI is InChI=1S/C12H24N2S/c1-3-14-5-4-11(8-14)7-13-12-6-10(2)15-9-12/h10-13H,3-9H2,1-2H3. The molecule has 3 atom stereocenters. The lowest BCUT2D eigenvalue weighted by Crippen LogP contribution is -2.34. The van der Waals surface area contributed by atoms with Crippen LogP contribution in [0, 0.1) is 5.92 Å². The zero-order valence-electron chi connectivity index (χ0n) is 10.0. The molecule has 0 bridgehead atoms. The van der Waals surface area contributed by atoms with Crippen LogP contribution >= 0.6 is 11.8 Å². The van der Waals surface area contributed by atoms with Crippen molar-refractivity contribution < 1.29 is 0 Å². The molecule has 0 aliphatic carbocycles. The second kappa shape index (κ2) is 5.55. The highest BCUT2D eigenvalue weighted by molar-refractivity contribution is 8.00. The molecule has 2 fully saturated rings. The van der Waals surface area contributed by atoms with Gasteiger partial charge in [-0.1, -0.05) is 13.8 Å². The summed E-state index contributed by atoms with van der Waals surface area (Å²) in [6, 6.07) is 0.792. The van der Waals surface area contributed by atoms with Gasteiger partial charge in [0.15, 0.2) is 0 Å². The first-order chi connectivity index (χ1) is 7.28. The van der Waals surface area contributed by atoms with Crippen LogP contribution in [-0.2, 0) is 0 Å². The fourth-order valence-corrected chi connectivity index (χ4v) is 3.84. The molecule has 0 aromatic carbocycles. The monoisotopic (exact) mass is 228 g/mol. The van der Waals surface area contributed by atoms with Crippen LogP contribution in [0.25, 0.3) is 0 Å². The van der Waals surface area contributed by atoms with Crippen molar-refractivity contribution in [2.75, 3.05) is 31.9 Å². The summed E-state index contributed by atoms with van der Waals surface area (Å²) in [5.41, 5.74) is 0. The van der Waals surface area contributed by atoms with Crippen LogP contribution in [0.2, 0.25) is 0 Å². The Labute approximate surface area is 98.2 Å². The second-order valence-corrected chi connectivity index (χ2v) is 6.50. The number of hydrogen-bond acceptors (Lipinski definition) is 3. The van der Waals surface area contributed by atoms with Gasteiger partial charge in [0.1, 0.15) is 0 Å². The van der Waals surface area contributed by atoms with E-state index >= 15 is 0 Å². The third-order valence-electron chi connectivity index (χ3n) is 3.71. The Balaban J connectivity index is 1.62. The number of likely N-dealkylation sites (tertiary alicyclic amines) is 1. The van der Waals surface area contributed by atoms with Crippen LogP contribution < -0.4 is 5.32 Å². The average molecular weight is 228 g/mol. The fourth-order valence-electron chi connectivity index (χ4n) is 2.66. The van der Waals surface area contributed by atoms with E-state index in [0.717, 1.165) is 17.2 Å². The van der Waals surface area contributed by atoms with E-state index in [1.807, 2.05) is 0 Å². The van der Waals surface area contributed by atoms with Gasteiger partial charge < -0.3 is 10.2 Å². The molecule has 2 nitrogen and oxygen atoms in total. The van der Waals surface area contributed by atoms with Gasteiger partial charge in [0.05, 0.1) is 0 Å². The molecule has 15 heavy (non-hydrogen) atoms. The first-order valence-corrected chi connectivity index (χ1v) is 7.40. The lowest BCUT2D eigenvalue weighted by atomic mass is 10.1. The third-order valence-corrected chi connectivity index (χ3v) is 5.07. The number of thioether (sulfide) groups is 1. The molecular weight excluding hydrogens is 204 g/mol. The zero-order valence-corrected chi connectivity index (χ0v) is 10.9. The van der Waals surface area contributed by atoms with Crippen molar-refractivity contribution in [3.63, 3.8) is 0 Å². The predicted molar refractivity (Wildman–Crippen MR) is 68.5 cm³/mol. The number of nitrogens with one attached hydrogen (secondary N) is 1. The highest BCUT2D eigenvalue weighted by Crippen LogP contribution is 2.26. The van der Waals surface area contributed by atoms with E-state index in [1.54, 1.807) is 0 Å². The molecule has 0 aromatic heterocycles. The van der Waals surface area contributed by atoms with E-state index in [1.165, 1.54) is 44.8 Å². The first kappa shape index (κ1) is 11.7. The maximum Gasteiger partial charge on any atom is 0.0168 e. The molecule has 88 valence electrons. The van der Waals surface area contributed by atoms with Gasteiger partial charge in [-0.2, -0.15) is 11.8 Å². The lowest BCUT2D eigenvalue weighted by Gasteiger charge is -2.16. The van der Waals surface area contributed by atoms with E-state index in [2.05, 4.69) is 35.8 Å². The van der Waals surface area contributed by atoms with Crippen LogP contribution in [0.4, 0.5) is 0 Å². The van der Waals surface area contributed by atoms with E-state index < -0.39 is 0 Å². The van der Waals surface area contributed by atoms with Crippen LogP contribution in [0.15, 0.2) is 0 Å². The minimum absolute atomic E-state index is 0.792. The van der Waals surface area contributed by atoms with Crippen LogP contribution in [0.3, 0.4) is 0 Å². The molecule has 0 spiro atoms. The van der Waals surface area contributed by atoms with Gasteiger partial charge in [-0.15, -0.1) is 0 Å². The third kappa shape index (κ3) is 3.36. The molecular formula is C12H24N2S. The number of nitrogens with zero attached hydrogens (tertiary/aromatic N) is 1. The fraction of sp³-hybridized carbons (Fsp3) is 1.00. The molecule has 1 N–H and O–H groups in total. The van der Waals surface area contributed by atoms with Gasteiger partial charge in [-0.25, -0.2) is 0 Å². The number of rotatable bonds is 4. The van der Waals surface area contributed by atoms with E-state index in [0.29, 0.717) is 0 Å². The summed E-state index contributed by atoms with van der Waals surface area (Å²) in [4.78, 5) is 2.57. The second-order valence-electron chi connectivity index (χ2n) is 5.03. The minimum Gasteiger partial charge on any atom is -0.313 e. The first-order valence-electron chi connectivity index (χ1n) is 6.35. The highest BCUT2D eigenvalue weighted by atomic mass is 32.2. The Kier molecular flexibility index (Phi) is 4.35. The Bertz CT molecular complexity index is 198. The SMILES string of the molecule is CCN1CCC(CNC2CSC(C)C2)C1. The minimum atomic E-state index is 0.792. The van der Waals surface area contributed by atoms with Crippen molar-refractivity contribution in [1.82, 2.24) is 10.2 Å². The summed E-state index contributed by atoms with van der Waals surface area (Å²) in [5, 5.41) is 4.62. The lowest BCUT2D eigenvalue weighted by molar-refractivity contribution is 0.335. The molecule has 2 rings (SSSR count). The van der Waals surface area contributed by atoms with Gasteiger partial charge >= 0.3 is 0 Å². The van der Waals surface area contributed by atoms with Crippen LogP contribution in [0.5, 0.6) is 0 Å². The van der Waals surface area contributed by atoms with E-state index in [4.69, 9.17) is 0 Å². The Morgan fingerprint density at radius 1 is 1.47 bits per heavy atom. The van der Waals surface area contributed by atoms with Crippen LogP contribution in [-0.4, -0.2) is 48.1 Å². The molecule has 2 saturated heterocycles. The van der Waals surface area contributed by atoms with Gasteiger partial charge in [0.25, 0.3) is 0 Å². The quantitative estimate of drug-likeness (QED) is 0.790. The van der Waals surface area contributed by atoms with Crippen LogP contribution in [0.1, 0.15) is 26.7 Å². The molecule has 2 heterocycles. The van der Waals surface area contributed by atoms with Gasteiger partial charge in [0, 0.05) is 23.6 Å². The summed E-state index contributed by atoms with van der Waals surface area (Å²) in [5.74, 6) is 2.23. The van der Waals surface area contributed by atoms with Gasteiger partial charge in [-0.3, -0.25) is 0 Å². The Morgan fingerprint density at radius 2 is 2.33 bits per heavy atom. The molecule has 0 radical (unpaired) electrons. The molecule has 2 aliphatic heterocycles.